The molecule has 21 nitrogen and oxygen atoms in total. The molecular weight excluding hydrogens is 947 g/mol. The molecule has 0 aliphatic rings. The SMILES string of the molecule is O=C([O-])[O-].O=C([O-])[O-].O=C([O-])[O-].O=C([O-])[O-].O=C([O-])[O-].O=C([O-])[O-].O=C([O-])[O-].[Ba+2].[Ca+2].[Na+].[U].[Y+3]. The fourth-order valence-electron chi connectivity index (χ4n) is 0. The van der Waals surface area contributed by atoms with Crippen LogP contribution in [-0.2, 0) is 32.7 Å². The van der Waals surface area contributed by atoms with E-state index in [-0.39, 0.29) is 180 Å². The van der Waals surface area contributed by atoms with E-state index in [0.717, 1.165) is 0 Å². The zero-order chi connectivity index (χ0) is 25.0. The van der Waals surface area contributed by atoms with Gasteiger partial charge in [0.2, 0.25) is 0 Å². The molecule has 0 aromatic rings. The third-order valence-electron chi connectivity index (χ3n) is 0. The molecule has 0 heterocycles. The maximum atomic E-state index is 8.33. The number of carboxylic acid groups (broad SMARTS) is 14. The first-order valence-electron chi connectivity index (χ1n) is 4.29. The van der Waals surface area contributed by atoms with Gasteiger partial charge in [-0.3, -0.25) is 0 Å². The van der Waals surface area contributed by atoms with Gasteiger partial charge in [-0.25, -0.2) is 0 Å². The van der Waals surface area contributed by atoms with Gasteiger partial charge in [0.25, 0.3) is 0 Å². The van der Waals surface area contributed by atoms with Crippen LogP contribution in [0, 0.1) is 31.1 Å². The Kier molecular flexibility index (Phi) is 162. The van der Waals surface area contributed by atoms with Crippen LogP contribution in [0.2, 0.25) is 0 Å². The smallest absolute Gasteiger partial charge is 0.652 e. The second-order valence-corrected chi connectivity index (χ2v) is 1.75. The van der Waals surface area contributed by atoms with Crippen LogP contribution in [0.4, 0.5) is 33.6 Å². The third kappa shape index (κ3) is 40800. The third-order valence-corrected chi connectivity index (χ3v) is 0. The molecule has 0 fully saturated rings. The first-order chi connectivity index (χ1) is 12.1. The van der Waals surface area contributed by atoms with Gasteiger partial charge in [0.05, 0.1) is 0 Å². The fraction of sp³-hybridized carbons (Fsp3) is 0. The second-order valence-electron chi connectivity index (χ2n) is 1.75. The Morgan fingerprint density at radius 3 is 0.333 bits per heavy atom. The molecule has 0 aliphatic carbocycles. The topological polar surface area (TPSA) is 442 Å². The van der Waals surface area contributed by atoms with Gasteiger partial charge in [-0.2, -0.15) is 0 Å². The Labute approximate surface area is 322 Å². The largest absolute Gasteiger partial charge is 3.00 e. The van der Waals surface area contributed by atoms with Crippen molar-refractivity contribution in [2.75, 3.05) is 0 Å². The Balaban J connectivity index is -0.0000000152. The Morgan fingerprint density at radius 2 is 0.333 bits per heavy atom. The van der Waals surface area contributed by atoms with Crippen molar-refractivity contribution in [2.24, 2.45) is 0 Å². The molecule has 26 heteroatoms. The van der Waals surface area contributed by atoms with Gasteiger partial charge in [0.15, 0.2) is 0 Å². The summed E-state index contributed by atoms with van der Waals surface area (Å²) in [6.07, 6.45) is -16.3. The summed E-state index contributed by atoms with van der Waals surface area (Å²) in [4.78, 5) is 58.3. The molecule has 0 saturated carbocycles. The first kappa shape index (κ1) is 76.5. The minimum Gasteiger partial charge on any atom is -0.652 e. The van der Waals surface area contributed by atoms with Crippen LogP contribution in [0.1, 0.15) is 0 Å². The van der Waals surface area contributed by atoms with Crippen molar-refractivity contribution >= 4 is 130 Å². The molecule has 0 atom stereocenters. The summed E-state index contributed by atoms with van der Waals surface area (Å²) in [7, 11) is 0. The zero-order valence-corrected chi connectivity index (χ0v) is 31.2. The van der Waals surface area contributed by atoms with Gasteiger partial charge in [-0.05, 0) is 43.1 Å². The second kappa shape index (κ2) is 69.8. The molecule has 0 bridgehead atoms. The number of carbonyl (C=O) groups is 7. The van der Waals surface area contributed by atoms with E-state index >= 15 is 0 Å². The van der Waals surface area contributed by atoms with E-state index in [9.17, 15) is 0 Å². The molecule has 0 spiro atoms. The molecule has 0 radical (unpaired) electrons. The summed E-state index contributed by atoms with van der Waals surface area (Å²) in [5.41, 5.74) is 0. The van der Waals surface area contributed by atoms with Gasteiger partial charge in [0.1, 0.15) is 0 Å². The van der Waals surface area contributed by atoms with E-state index in [4.69, 9.17) is 105 Å². The Bertz CT molecular complexity index is 334. The molecule has 0 amide bonds. The first-order valence-corrected chi connectivity index (χ1v) is 4.29. The number of rotatable bonds is 0. The van der Waals surface area contributed by atoms with Crippen molar-refractivity contribution < 1.29 is 198 Å². The van der Waals surface area contributed by atoms with Crippen molar-refractivity contribution in [1.82, 2.24) is 0 Å². The Morgan fingerprint density at radius 1 is 0.333 bits per heavy atom. The van der Waals surface area contributed by atoms with Gasteiger partial charge >= 0.3 is 149 Å². The predicted molar refractivity (Wildman–Crippen MR) is 49.3 cm³/mol. The maximum absolute atomic E-state index is 8.33. The molecule has 0 aliphatic heterocycles. The molecule has 0 rings (SSSR count). The minimum absolute atomic E-state index is 0. The van der Waals surface area contributed by atoms with E-state index in [1.165, 1.54) is 0 Å². The number of hydrogen-bond donors (Lipinski definition) is 0. The molecule has 33 heavy (non-hydrogen) atoms. The normalized spacial score (nSPS) is 5.09. The Hall–Kier alpha value is 0.877. The van der Waals surface area contributed by atoms with Crippen molar-refractivity contribution in [3.8, 4) is 0 Å². The minimum atomic E-state index is -2.33. The molecule has 172 valence electrons. The summed E-state index contributed by atoms with van der Waals surface area (Å²) in [6, 6.07) is 0. The van der Waals surface area contributed by atoms with E-state index in [0.29, 0.717) is 0 Å². The van der Waals surface area contributed by atoms with Crippen LogP contribution >= 0.6 is 0 Å². The molecule has 0 saturated heterocycles. The van der Waals surface area contributed by atoms with Crippen LogP contribution < -0.4 is 101 Å². The summed E-state index contributed by atoms with van der Waals surface area (Å²) < 4.78 is 0. The quantitative estimate of drug-likeness (QED) is 0.203. The van der Waals surface area contributed by atoms with E-state index < -0.39 is 43.1 Å². The van der Waals surface area contributed by atoms with Crippen LogP contribution in [0.15, 0.2) is 0 Å². The standard InChI is InChI=1S/7CH2O3.Ba.Ca.Na.U.Y/c7*2-1(3)4;;;;;/h7*(H2,2,3,4);;;;;/q;;;;;;;2*+2;+1;;+3/p-14. The van der Waals surface area contributed by atoms with Crippen LogP contribution in [-0.4, -0.2) is 130 Å². The molecule has 0 unspecified atom stereocenters. The summed E-state index contributed by atoms with van der Waals surface area (Å²) >= 11 is 0. The molecular formula is C7BaCaNaO21UY-6. The van der Waals surface area contributed by atoms with Gasteiger partial charge in [-0.15, -0.1) is 0 Å². The van der Waals surface area contributed by atoms with Gasteiger partial charge in [-0.1, -0.05) is 0 Å². The van der Waals surface area contributed by atoms with Crippen LogP contribution in [0.3, 0.4) is 0 Å². The summed E-state index contributed by atoms with van der Waals surface area (Å²) in [6.45, 7) is 0. The molecule has 0 N–H and O–H groups in total. The monoisotopic (exact) mass is 948 g/mol. The summed E-state index contributed by atoms with van der Waals surface area (Å²) in [5.74, 6) is 0. The van der Waals surface area contributed by atoms with Crippen molar-refractivity contribution in [3.63, 3.8) is 0 Å². The van der Waals surface area contributed by atoms with Crippen molar-refractivity contribution in [1.29, 1.82) is 0 Å². The van der Waals surface area contributed by atoms with Crippen molar-refractivity contribution in [3.05, 3.63) is 0 Å². The maximum Gasteiger partial charge on any atom is 3.00 e. The van der Waals surface area contributed by atoms with E-state index in [1.807, 2.05) is 0 Å². The van der Waals surface area contributed by atoms with E-state index in [2.05, 4.69) is 0 Å². The average Bonchev–Trinajstić information content (AvgIpc) is 2.20. The average molecular weight is 947 g/mol. The predicted octanol–water partition coefficient (Wildman–Crippen LogP) is -20.9. The zero-order valence-electron chi connectivity index (χ0n) is 15.6. The van der Waals surface area contributed by atoms with Gasteiger partial charge in [0, 0.05) is 31.1 Å². The van der Waals surface area contributed by atoms with Crippen LogP contribution in [0.5, 0.6) is 0 Å². The van der Waals surface area contributed by atoms with Crippen molar-refractivity contribution in [2.45, 2.75) is 0 Å². The molecule has 0 aromatic carbocycles. The molecule has 0 aromatic heterocycles. The fourth-order valence-corrected chi connectivity index (χ4v) is 0. The number of hydrogen-bond acceptors (Lipinski definition) is 21. The van der Waals surface area contributed by atoms with Gasteiger partial charge < -0.3 is 105 Å². The summed E-state index contributed by atoms with van der Waals surface area (Å²) in [5, 5.41) is 117. The number of carbonyl (C=O) groups excluding carboxylic acids is 7. The van der Waals surface area contributed by atoms with E-state index in [1.54, 1.807) is 0 Å². The van der Waals surface area contributed by atoms with Crippen LogP contribution in [0.25, 0.3) is 0 Å².